The zero-order chi connectivity index (χ0) is 14.6. The molecule has 0 aliphatic rings. The topological polar surface area (TPSA) is 44.5 Å². The summed E-state index contributed by atoms with van der Waals surface area (Å²) in [6.45, 7) is 9.52. The third kappa shape index (κ3) is 3.63. The van der Waals surface area contributed by atoms with Gasteiger partial charge < -0.3 is 15.2 Å². The Labute approximate surface area is 117 Å². The second-order valence-electron chi connectivity index (χ2n) is 6.06. The number of hydrogen-bond acceptors (Lipinski definition) is 3. The summed E-state index contributed by atoms with van der Waals surface area (Å²) in [4.78, 5) is 0. The number of nitrogens with two attached hydrogens (primary N) is 1. The predicted molar refractivity (Wildman–Crippen MR) is 80.2 cm³/mol. The van der Waals surface area contributed by atoms with Crippen molar-refractivity contribution in [2.75, 3.05) is 20.8 Å². The molecule has 19 heavy (non-hydrogen) atoms. The predicted octanol–water partition coefficient (Wildman–Crippen LogP) is 3.49. The van der Waals surface area contributed by atoms with E-state index in [0.717, 1.165) is 17.9 Å². The summed E-state index contributed by atoms with van der Waals surface area (Å²) in [5.74, 6) is 2.10. The molecule has 0 aromatic heterocycles. The molecule has 3 heteroatoms. The van der Waals surface area contributed by atoms with E-state index >= 15 is 0 Å². The van der Waals surface area contributed by atoms with Crippen molar-refractivity contribution in [2.45, 2.75) is 40.0 Å². The molecule has 0 aliphatic heterocycles. The van der Waals surface area contributed by atoms with Crippen LogP contribution in [0.2, 0.25) is 0 Å². The highest BCUT2D eigenvalue weighted by atomic mass is 16.5. The van der Waals surface area contributed by atoms with Gasteiger partial charge in [-0.05, 0) is 42.9 Å². The molecule has 1 atom stereocenters. The molecule has 2 N–H and O–H groups in total. The summed E-state index contributed by atoms with van der Waals surface area (Å²) in [5.41, 5.74) is 8.39. The average molecular weight is 265 g/mol. The fraction of sp³-hybridized carbons (Fsp3) is 0.625. The monoisotopic (exact) mass is 265 g/mol. The molecule has 1 rings (SSSR count). The lowest BCUT2D eigenvalue weighted by atomic mass is 9.73. The van der Waals surface area contributed by atoms with E-state index in [9.17, 15) is 0 Å². The van der Waals surface area contributed by atoms with Gasteiger partial charge in [-0.1, -0.05) is 20.8 Å². The van der Waals surface area contributed by atoms with E-state index in [4.69, 9.17) is 15.2 Å². The Morgan fingerprint density at radius 1 is 1.16 bits per heavy atom. The maximum Gasteiger partial charge on any atom is 0.126 e. The number of ether oxygens (including phenoxy) is 2. The van der Waals surface area contributed by atoms with Crippen LogP contribution in [0.3, 0.4) is 0 Å². The quantitative estimate of drug-likeness (QED) is 0.886. The first-order valence-corrected chi connectivity index (χ1v) is 6.77. The molecular weight excluding hydrogens is 238 g/mol. The Hall–Kier alpha value is -1.22. The molecule has 0 fully saturated rings. The molecule has 0 saturated carbocycles. The third-order valence-corrected chi connectivity index (χ3v) is 3.63. The highest BCUT2D eigenvalue weighted by Gasteiger charge is 2.29. The Morgan fingerprint density at radius 3 is 2.21 bits per heavy atom. The van der Waals surface area contributed by atoms with Crippen LogP contribution in [0.15, 0.2) is 12.1 Å². The number of methoxy groups -OCH3 is 2. The fourth-order valence-corrected chi connectivity index (χ4v) is 2.64. The molecule has 3 nitrogen and oxygen atoms in total. The molecule has 0 spiro atoms. The van der Waals surface area contributed by atoms with Crippen molar-refractivity contribution in [1.82, 2.24) is 0 Å². The molecule has 0 saturated heterocycles. The van der Waals surface area contributed by atoms with Gasteiger partial charge in [0.2, 0.25) is 0 Å². The second-order valence-corrected chi connectivity index (χ2v) is 6.06. The van der Waals surface area contributed by atoms with Crippen LogP contribution in [0.25, 0.3) is 0 Å². The standard InChI is InChI=1S/C16H27NO2/c1-11-9-12(18-5)10-14(19-6)15(11)13(7-8-17)16(2,3)4/h9-10,13H,7-8,17H2,1-6H3. The molecule has 0 aliphatic carbocycles. The fourth-order valence-electron chi connectivity index (χ4n) is 2.64. The van der Waals surface area contributed by atoms with E-state index in [1.165, 1.54) is 11.1 Å². The molecule has 0 radical (unpaired) electrons. The lowest BCUT2D eigenvalue weighted by molar-refractivity contribution is 0.295. The third-order valence-electron chi connectivity index (χ3n) is 3.63. The molecule has 1 unspecified atom stereocenters. The van der Waals surface area contributed by atoms with Gasteiger partial charge in [-0.3, -0.25) is 0 Å². The SMILES string of the molecule is COc1cc(C)c(C(CCN)C(C)(C)C)c(OC)c1. The Morgan fingerprint density at radius 2 is 1.79 bits per heavy atom. The first-order chi connectivity index (χ1) is 8.85. The van der Waals surface area contributed by atoms with E-state index in [1.807, 2.05) is 6.07 Å². The average Bonchev–Trinajstić information content (AvgIpc) is 2.34. The Bertz CT molecular complexity index is 421. The highest BCUT2D eigenvalue weighted by Crippen LogP contribution is 2.44. The number of benzene rings is 1. The normalized spacial score (nSPS) is 13.2. The summed E-state index contributed by atoms with van der Waals surface area (Å²) in [6, 6.07) is 4.02. The van der Waals surface area contributed by atoms with E-state index in [1.54, 1.807) is 14.2 Å². The van der Waals surface area contributed by atoms with Gasteiger partial charge >= 0.3 is 0 Å². The van der Waals surface area contributed by atoms with Crippen molar-refractivity contribution in [3.05, 3.63) is 23.3 Å². The summed E-state index contributed by atoms with van der Waals surface area (Å²) in [7, 11) is 3.38. The molecule has 0 amide bonds. The number of aryl methyl sites for hydroxylation is 1. The van der Waals surface area contributed by atoms with Crippen LogP contribution in [-0.2, 0) is 0 Å². The first kappa shape index (κ1) is 15.8. The van der Waals surface area contributed by atoms with E-state index in [2.05, 4.69) is 33.8 Å². The smallest absolute Gasteiger partial charge is 0.126 e. The Kier molecular flexibility index (Phi) is 5.24. The van der Waals surface area contributed by atoms with Crippen LogP contribution in [-0.4, -0.2) is 20.8 Å². The van der Waals surface area contributed by atoms with Gasteiger partial charge in [0.1, 0.15) is 11.5 Å². The van der Waals surface area contributed by atoms with E-state index in [-0.39, 0.29) is 5.41 Å². The molecular formula is C16H27NO2. The second kappa shape index (κ2) is 6.29. The summed E-state index contributed by atoms with van der Waals surface area (Å²) >= 11 is 0. The largest absolute Gasteiger partial charge is 0.497 e. The minimum atomic E-state index is 0.145. The molecule has 108 valence electrons. The molecule has 1 aromatic rings. The number of rotatable bonds is 5. The van der Waals surface area contributed by atoms with Crippen molar-refractivity contribution in [3.63, 3.8) is 0 Å². The zero-order valence-corrected chi connectivity index (χ0v) is 13.0. The van der Waals surface area contributed by atoms with Crippen molar-refractivity contribution < 1.29 is 9.47 Å². The molecule has 1 aromatic carbocycles. The van der Waals surface area contributed by atoms with Crippen molar-refractivity contribution in [1.29, 1.82) is 0 Å². The van der Waals surface area contributed by atoms with Crippen molar-refractivity contribution >= 4 is 0 Å². The zero-order valence-electron chi connectivity index (χ0n) is 13.0. The number of hydrogen-bond donors (Lipinski definition) is 1. The summed E-state index contributed by atoms with van der Waals surface area (Å²) in [5, 5.41) is 0. The lowest BCUT2D eigenvalue weighted by Crippen LogP contribution is -2.23. The van der Waals surface area contributed by atoms with E-state index < -0.39 is 0 Å². The van der Waals surface area contributed by atoms with Crippen LogP contribution < -0.4 is 15.2 Å². The van der Waals surface area contributed by atoms with Gasteiger partial charge in [0.15, 0.2) is 0 Å². The van der Waals surface area contributed by atoms with Crippen LogP contribution in [0.4, 0.5) is 0 Å². The summed E-state index contributed by atoms with van der Waals surface area (Å²) in [6.07, 6.45) is 0.951. The van der Waals surface area contributed by atoms with Crippen LogP contribution in [0, 0.1) is 12.3 Å². The van der Waals surface area contributed by atoms with Gasteiger partial charge in [-0.2, -0.15) is 0 Å². The van der Waals surface area contributed by atoms with Gasteiger partial charge in [0.25, 0.3) is 0 Å². The molecule has 0 bridgehead atoms. The van der Waals surface area contributed by atoms with Crippen molar-refractivity contribution in [2.24, 2.45) is 11.1 Å². The first-order valence-electron chi connectivity index (χ1n) is 6.77. The van der Waals surface area contributed by atoms with Gasteiger partial charge in [-0.25, -0.2) is 0 Å². The van der Waals surface area contributed by atoms with Crippen molar-refractivity contribution in [3.8, 4) is 11.5 Å². The van der Waals surface area contributed by atoms with Crippen LogP contribution >= 0.6 is 0 Å². The minimum Gasteiger partial charge on any atom is -0.497 e. The van der Waals surface area contributed by atoms with Gasteiger partial charge in [0.05, 0.1) is 14.2 Å². The minimum absolute atomic E-state index is 0.145. The lowest BCUT2D eigenvalue weighted by Gasteiger charge is -2.33. The van der Waals surface area contributed by atoms with Crippen LogP contribution in [0.1, 0.15) is 44.2 Å². The maximum absolute atomic E-state index is 5.80. The summed E-state index contributed by atoms with van der Waals surface area (Å²) < 4.78 is 10.9. The highest BCUT2D eigenvalue weighted by molar-refractivity contribution is 5.48. The van der Waals surface area contributed by atoms with E-state index in [0.29, 0.717) is 12.5 Å². The Balaban J connectivity index is 3.37. The van der Waals surface area contributed by atoms with Crippen LogP contribution in [0.5, 0.6) is 11.5 Å². The van der Waals surface area contributed by atoms with Gasteiger partial charge in [0, 0.05) is 11.6 Å². The maximum atomic E-state index is 5.80. The molecule has 0 heterocycles. The van der Waals surface area contributed by atoms with Gasteiger partial charge in [-0.15, -0.1) is 0 Å².